The van der Waals surface area contributed by atoms with Crippen molar-refractivity contribution >= 4 is 29.3 Å². The summed E-state index contributed by atoms with van der Waals surface area (Å²) < 4.78 is 55.7. The number of carbonyl (C=O) groups is 3. The minimum Gasteiger partial charge on any atom is -0.493 e. The van der Waals surface area contributed by atoms with Crippen LogP contribution in [0.25, 0.3) is 5.69 Å². The lowest BCUT2D eigenvalue weighted by atomic mass is 10.0. The van der Waals surface area contributed by atoms with Crippen LogP contribution in [-0.2, 0) is 9.59 Å². The molecule has 4 rings (SSSR count). The number of H-pyrrole nitrogens is 1. The van der Waals surface area contributed by atoms with Crippen molar-refractivity contribution < 1.29 is 41.8 Å². The topological polar surface area (TPSA) is 221 Å². The number of hydrogen-bond donors (Lipinski definition) is 5. The molecule has 0 saturated carbocycles. The maximum atomic E-state index is 13.4. The monoisotopic (exact) mass is 684 g/mol. The molecule has 258 valence electrons. The molecule has 0 saturated heterocycles. The summed E-state index contributed by atoms with van der Waals surface area (Å²) in [7, 11) is 4.52. The largest absolute Gasteiger partial charge is 0.493 e. The summed E-state index contributed by atoms with van der Waals surface area (Å²) in [6.45, 7) is 1.56. The van der Waals surface area contributed by atoms with Crippen molar-refractivity contribution in [2.45, 2.75) is 25.2 Å². The molecule has 0 aliphatic rings. The van der Waals surface area contributed by atoms with E-state index in [0.29, 0.717) is 21.5 Å². The Balaban J connectivity index is 1.86. The van der Waals surface area contributed by atoms with Crippen LogP contribution in [0.3, 0.4) is 0 Å². The highest BCUT2D eigenvalue weighted by molar-refractivity contribution is 5.98. The molecule has 0 fully saturated rings. The number of alkyl halides is 3. The quantitative estimate of drug-likeness (QED) is 0.0635. The van der Waals surface area contributed by atoms with Crippen LogP contribution >= 0.6 is 0 Å². The van der Waals surface area contributed by atoms with Gasteiger partial charge in [0.15, 0.2) is 29.2 Å². The van der Waals surface area contributed by atoms with Gasteiger partial charge in [-0.1, -0.05) is 12.1 Å². The van der Waals surface area contributed by atoms with Gasteiger partial charge in [-0.15, -0.1) is 5.10 Å². The van der Waals surface area contributed by atoms with Gasteiger partial charge in [0, 0.05) is 25.3 Å². The summed E-state index contributed by atoms with van der Waals surface area (Å²) in [6.07, 6.45) is -6.28. The first-order valence-corrected chi connectivity index (χ1v) is 14.2. The standard InChI is InChI=1S/C31H31F3N8O7/c1-15(28(44)41(2)3)48-20-13-10-17(14-22(20)47-4)23(38-18-11-8-16(9-12-18)25(35)36)27-39-30(46)42(40-27)24-19(26(37)43)6-5-7-21(24)49-29(45)31(32,33)34/h5-15,23,38H,1-4H3,(H3,35,36)(H2,37,43)(H,39,40,46). The second-order valence-corrected chi connectivity index (χ2v) is 10.6. The Labute approximate surface area is 276 Å². The number of nitrogens with one attached hydrogen (secondary N) is 3. The zero-order chi connectivity index (χ0) is 36.2. The first kappa shape index (κ1) is 35.5. The number of rotatable bonds is 12. The number of nitrogens with two attached hydrogens (primary N) is 2. The summed E-state index contributed by atoms with van der Waals surface area (Å²) in [6, 6.07) is 13.1. The average Bonchev–Trinajstić information content (AvgIpc) is 3.43. The number of methoxy groups -OCH3 is 1. The molecule has 2 amide bonds. The van der Waals surface area contributed by atoms with Crippen molar-refractivity contribution in [3.8, 4) is 22.9 Å². The molecular formula is C31H31F3N8O7. The Hall–Kier alpha value is -6.33. The smallest absolute Gasteiger partial charge is 0.491 e. The van der Waals surface area contributed by atoms with E-state index in [9.17, 15) is 32.3 Å². The number of aromatic nitrogens is 3. The van der Waals surface area contributed by atoms with Crippen LogP contribution in [0.15, 0.2) is 65.5 Å². The SMILES string of the molecule is COc1cc(C(Nc2ccc(C(=N)N)cc2)c2nn(-c3c(OC(=O)C(F)(F)F)cccc3C(N)=O)c(=O)[nH]2)ccc1OC(C)C(=O)N(C)C. The van der Waals surface area contributed by atoms with Crippen LogP contribution in [0.5, 0.6) is 17.2 Å². The van der Waals surface area contributed by atoms with Crippen LogP contribution in [0.2, 0.25) is 0 Å². The second kappa shape index (κ2) is 14.2. The number of benzene rings is 3. The van der Waals surface area contributed by atoms with E-state index in [1.54, 1.807) is 51.4 Å². The molecule has 1 aromatic heterocycles. The Morgan fingerprint density at radius 1 is 1.02 bits per heavy atom. The number of esters is 1. The van der Waals surface area contributed by atoms with Crippen molar-refractivity contribution in [1.82, 2.24) is 19.7 Å². The van der Waals surface area contributed by atoms with E-state index in [2.05, 4.69) is 20.1 Å². The van der Waals surface area contributed by atoms with Crippen molar-refractivity contribution in [2.75, 3.05) is 26.5 Å². The third kappa shape index (κ3) is 7.98. The molecule has 7 N–H and O–H groups in total. The van der Waals surface area contributed by atoms with Gasteiger partial charge in [0.25, 0.3) is 11.8 Å². The number of carbonyl (C=O) groups excluding carboxylic acids is 3. The number of aromatic amines is 1. The minimum atomic E-state index is -5.40. The molecule has 0 spiro atoms. The Morgan fingerprint density at radius 3 is 2.27 bits per heavy atom. The van der Waals surface area contributed by atoms with Crippen LogP contribution in [0.4, 0.5) is 18.9 Å². The van der Waals surface area contributed by atoms with Crippen molar-refractivity contribution in [3.63, 3.8) is 0 Å². The highest BCUT2D eigenvalue weighted by atomic mass is 19.4. The molecule has 2 atom stereocenters. The fraction of sp³-hybridized carbons (Fsp3) is 0.226. The zero-order valence-electron chi connectivity index (χ0n) is 26.4. The van der Waals surface area contributed by atoms with Gasteiger partial charge in [-0.25, -0.2) is 9.59 Å². The van der Waals surface area contributed by atoms with E-state index in [0.717, 1.165) is 18.2 Å². The van der Waals surface area contributed by atoms with Gasteiger partial charge in [-0.2, -0.15) is 17.9 Å². The Bertz CT molecular complexity index is 1960. The van der Waals surface area contributed by atoms with Crippen LogP contribution in [0.1, 0.15) is 40.3 Å². The lowest BCUT2D eigenvalue weighted by molar-refractivity contribution is -0.189. The lowest BCUT2D eigenvalue weighted by Crippen LogP contribution is -2.35. The van der Waals surface area contributed by atoms with Gasteiger partial charge in [0.2, 0.25) is 0 Å². The molecule has 18 heteroatoms. The number of likely N-dealkylation sites (N-methyl/N-ethyl adjacent to an activating group) is 1. The Kier molecular flexibility index (Phi) is 10.3. The number of anilines is 1. The molecular weight excluding hydrogens is 653 g/mol. The normalized spacial score (nSPS) is 12.4. The molecule has 3 aromatic carbocycles. The zero-order valence-corrected chi connectivity index (χ0v) is 26.4. The second-order valence-electron chi connectivity index (χ2n) is 10.6. The molecule has 15 nitrogen and oxygen atoms in total. The van der Waals surface area contributed by atoms with E-state index in [-0.39, 0.29) is 29.1 Å². The number of nitrogen functional groups attached to an aromatic ring is 1. The molecule has 49 heavy (non-hydrogen) atoms. The van der Waals surface area contributed by atoms with Crippen LogP contribution in [0, 0.1) is 5.41 Å². The molecule has 0 aliphatic heterocycles. The molecule has 0 aliphatic carbocycles. The molecule has 0 radical (unpaired) electrons. The number of ether oxygens (including phenoxy) is 3. The van der Waals surface area contributed by atoms with E-state index in [1.807, 2.05) is 0 Å². The highest BCUT2D eigenvalue weighted by Crippen LogP contribution is 2.35. The number of amides is 2. The fourth-order valence-electron chi connectivity index (χ4n) is 4.59. The van der Waals surface area contributed by atoms with Gasteiger partial charge in [0.1, 0.15) is 17.6 Å². The number of halogens is 3. The van der Waals surface area contributed by atoms with Crippen molar-refractivity contribution in [1.29, 1.82) is 5.41 Å². The molecule has 4 aromatic rings. The summed E-state index contributed by atoms with van der Waals surface area (Å²) in [5, 5.41) is 15.1. The third-order valence-electron chi connectivity index (χ3n) is 6.94. The number of para-hydroxylation sites is 1. The van der Waals surface area contributed by atoms with E-state index in [4.69, 9.17) is 26.4 Å². The van der Waals surface area contributed by atoms with Crippen molar-refractivity contribution in [3.05, 3.63) is 93.7 Å². The predicted molar refractivity (Wildman–Crippen MR) is 169 cm³/mol. The fourth-order valence-corrected chi connectivity index (χ4v) is 4.59. The first-order chi connectivity index (χ1) is 23.0. The minimum absolute atomic E-state index is 0.125. The third-order valence-corrected chi connectivity index (χ3v) is 6.94. The maximum Gasteiger partial charge on any atom is 0.491 e. The summed E-state index contributed by atoms with van der Waals surface area (Å²) in [5.41, 5.74) is 10.2. The van der Waals surface area contributed by atoms with Gasteiger partial charge in [-0.3, -0.25) is 20.0 Å². The van der Waals surface area contributed by atoms with Gasteiger partial charge < -0.3 is 35.9 Å². The van der Waals surface area contributed by atoms with Gasteiger partial charge in [0.05, 0.1) is 12.7 Å². The first-order valence-electron chi connectivity index (χ1n) is 14.2. The molecule has 2 unspecified atom stereocenters. The Morgan fingerprint density at radius 2 is 1.69 bits per heavy atom. The van der Waals surface area contributed by atoms with Crippen molar-refractivity contribution in [2.24, 2.45) is 11.5 Å². The van der Waals surface area contributed by atoms with Crippen LogP contribution in [-0.4, -0.2) is 76.8 Å². The van der Waals surface area contributed by atoms with Gasteiger partial charge >= 0.3 is 17.8 Å². The van der Waals surface area contributed by atoms with E-state index in [1.165, 1.54) is 24.1 Å². The van der Waals surface area contributed by atoms with Crippen LogP contribution < -0.4 is 36.7 Å². The maximum absolute atomic E-state index is 13.4. The highest BCUT2D eigenvalue weighted by Gasteiger charge is 2.42. The summed E-state index contributed by atoms with van der Waals surface area (Å²) in [5.74, 6) is -4.78. The molecule has 1 heterocycles. The number of nitrogens with zero attached hydrogens (tertiary/aromatic N) is 3. The number of primary amides is 1. The van der Waals surface area contributed by atoms with E-state index >= 15 is 0 Å². The van der Waals surface area contributed by atoms with Gasteiger partial charge in [-0.05, 0) is 61.0 Å². The average molecular weight is 685 g/mol. The number of hydrogen-bond acceptors (Lipinski definition) is 10. The predicted octanol–water partition coefficient (Wildman–Crippen LogP) is 2.48. The summed E-state index contributed by atoms with van der Waals surface area (Å²) >= 11 is 0. The summed E-state index contributed by atoms with van der Waals surface area (Å²) in [4.78, 5) is 53.7. The molecule has 0 bridgehead atoms. The number of amidine groups is 1. The van der Waals surface area contributed by atoms with E-state index < -0.39 is 52.9 Å². The lowest BCUT2D eigenvalue weighted by Gasteiger charge is -2.22.